The van der Waals surface area contributed by atoms with Crippen LogP contribution in [0, 0.1) is 6.92 Å². The van der Waals surface area contributed by atoms with Crippen molar-refractivity contribution in [2.24, 2.45) is 0 Å². The molecule has 2 heterocycles. The number of thiazole rings is 1. The van der Waals surface area contributed by atoms with E-state index in [0.717, 1.165) is 4.88 Å². The molecule has 0 aliphatic heterocycles. The Morgan fingerprint density at radius 1 is 1.67 bits per heavy atom. The molecule has 0 aliphatic carbocycles. The van der Waals surface area contributed by atoms with E-state index in [0.29, 0.717) is 16.3 Å². The van der Waals surface area contributed by atoms with Crippen LogP contribution in [0.15, 0.2) is 10.9 Å². The number of alkyl halides is 1. The fraction of sp³-hybridized carbons (Fsp3) is 0.364. The molecule has 0 spiro atoms. The fourth-order valence-corrected chi connectivity index (χ4v) is 3.05. The Morgan fingerprint density at radius 3 is 2.89 bits per heavy atom. The number of carboxylic acid groups (broad SMARTS) is 1. The van der Waals surface area contributed by atoms with Crippen molar-refractivity contribution in [2.75, 3.05) is 0 Å². The first-order valence-corrected chi connectivity index (χ1v) is 6.61. The molecule has 0 saturated carbocycles. The van der Waals surface area contributed by atoms with Crippen molar-refractivity contribution in [3.63, 3.8) is 0 Å². The highest BCUT2D eigenvalue weighted by Crippen LogP contribution is 2.26. The molecule has 0 aromatic carbocycles. The van der Waals surface area contributed by atoms with Crippen molar-refractivity contribution in [3.8, 4) is 0 Å². The molecule has 96 valence electrons. The Kier molecular flexibility index (Phi) is 3.41. The van der Waals surface area contributed by atoms with E-state index < -0.39 is 11.9 Å². The molecule has 0 bridgehead atoms. The van der Waals surface area contributed by atoms with E-state index in [9.17, 15) is 9.59 Å². The second-order valence-corrected chi connectivity index (χ2v) is 5.39. The van der Waals surface area contributed by atoms with Crippen molar-refractivity contribution in [1.29, 1.82) is 0 Å². The van der Waals surface area contributed by atoms with Gasteiger partial charge >= 0.3 is 5.97 Å². The molecule has 0 amide bonds. The first-order valence-electron chi connectivity index (χ1n) is 5.26. The molecule has 1 atom stereocenters. The number of aliphatic carboxylic acids is 1. The quantitative estimate of drug-likeness (QED) is 0.876. The van der Waals surface area contributed by atoms with Gasteiger partial charge < -0.3 is 5.11 Å². The van der Waals surface area contributed by atoms with E-state index in [2.05, 4.69) is 4.98 Å². The lowest BCUT2D eigenvalue weighted by atomic mass is 10.1. The topological polar surface area (TPSA) is 71.7 Å². The standard InChI is InChI=1S/C11H11ClN2O3S/c1-5(10(16)17)9-6(2)18-11-13-7(4-12)3-8(15)14(9)11/h3,5H,4H2,1-2H3,(H,16,17). The Balaban J connectivity index is 2.79. The number of nitrogens with zero attached hydrogens (tertiary/aromatic N) is 2. The second kappa shape index (κ2) is 4.70. The van der Waals surface area contributed by atoms with Crippen LogP contribution in [0.5, 0.6) is 0 Å². The van der Waals surface area contributed by atoms with Crippen LogP contribution >= 0.6 is 22.9 Å². The summed E-state index contributed by atoms with van der Waals surface area (Å²) < 4.78 is 1.36. The van der Waals surface area contributed by atoms with Crippen LogP contribution in [-0.4, -0.2) is 20.5 Å². The molecule has 2 aromatic heterocycles. The van der Waals surface area contributed by atoms with Crippen LogP contribution in [0.2, 0.25) is 0 Å². The highest BCUT2D eigenvalue weighted by molar-refractivity contribution is 7.17. The smallest absolute Gasteiger partial charge is 0.312 e. The van der Waals surface area contributed by atoms with Crippen molar-refractivity contribution in [3.05, 3.63) is 32.7 Å². The van der Waals surface area contributed by atoms with Gasteiger partial charge in [-0.1, -0.05) is 0 Å². The maximum atomic E-state index is 12.0. The monoisotopic (exact) mass is 286 g/mol. The summed E-state index contributed by atoms with van der Waals surface area (Å²) >= 11 is 6.96. The van der Waals surface area contributed by atoms with E-state index in [1.54, 1.807) is 13.8 Å². The minimum absolute atomic E-state index is 0.159. The van der Waals surface area contributed by atoms with Crippen molar-refractivity contribution in [2.45, 2.75) is 25.6 Å². The van der Waals surface area contributed by atoms with E-state index in [-0.39, 0.29) is 11.4 Å². The van der Waals surface area contributed by atoms with Gasteiger partial charge in [-0.05, 0) is 13.8 Å². The Morgan fingerprint density at radius 2 is 2.33 bits per heavy atom. The molecule has 0 radical (unpaired) electrons. The maximum absolute atomic E-state index is 12.0. The second-order valence-electron chi connectivity index (χ2n) is 3.94. The third-order valence-electron chi connectivity index (χ3n) is 2.70. The first kappa shape index (κ1) is 13.0. The summed E-state index contributed by atoms with van der Waals surface area (Å²) in [6.45, 7) is 3.34. The predicted molar refractivity (Wildman–Crippen MR) is 69.7 cm³/mol. The van der Waals surface area contributed by atoms with Gasteiger partial charge in [0.15, 0.2) is 4.96 Å². The third-order valence-corrected chi connectivity index (χ3v) is 3.95. The van der Waals surface area contributed by atoms with E-state index >= 15 is 0 Å². The largest absolute Gasteiger partial charge is 0.481 e. The lowest BCUT2D eigenvalue weighted by Crippen LogP contribution is -2.20. The number of aryl methyl sites for hydroxylation is 1. The molecule has 1 N–H and O–H groups in total. The summed E-state index contributed by atoms with van der Waals surface area (Å²) in [7, 11) is 0. The molecule has 7 heteroatoms. The summed E-state index contributed by atoms with van der Waals surface area (Å²) in [6.07, 6.45) is 0. The van der Waals surface area contributed by atoms with Crippen LogP contribution in [0.25, 0.3) is 4.96 Å². The summed E-state index contributed by atoms with van der Waals surface area (Å²) in [6, 6.07) is 1.34. The number of hydrogen-bond donors (Lipinski definition) is 1. The highest BCUT2D eigenvalue weighted by atomic mass is 35.5. The predicted octanol–water partition coefficient (Wildman–Crippen LogP) is 1.99. The lowest BCUT2D eigenvalue weighted by molar-refractivity contribution is -0.138. The minimum atomic E-state index is -0.967. The Bertz CT molecular complexity index is 677. The normalized spacial score (nSPS) is 12.8. The minimum Gasteiger partial charge on any atom is -0.481 e. The first-order chi connectivity index (χ1) is 8.45. The number of fused-ring (bicyclic) bond motifs is 1. The van der Waals surface area contributed by atoms with Gasteiger partial charge in [-0.3, -0.25) is 14.0 Å². The zero-order chi connectivity index (χ0) is 13.4. The summed E-state index contributed by atoms with van der Waals surface area (Å²) in [5.41, 5.74) is 0.696. The van der Waals surface area contributed by atoms with Crippen LogP contribution in [0.4, 0.5) is 0 Å². The van der Waals surface area contributed by atoms with E-state index in [1.807, 2.05) is 0 Å². The molecular weight excluding hydrogens is 276 g/mol. The fourth-order valence-electron chi connectivity index (χ4n) is 1.83. The van der Waals surface area contributed by atoms with Gasteiger partial charge in [-0.15, -0.1) is 22.9 Å². The zero-order valence-corrected chi connectivity index (χ0v) is 11.4. The molecule has 0 fully saturated rings. The molecule has 5 nitrogen and oxygen atoms in total. The number of rotatable bonds is 3. The maximum Gasteiger partial charge on any atom is 0.312 e. The van der Waals surface area contributed by atoms with Crippen LogP contribution in [-0.2, 0) is 10.7 Å². The Hall–Kier alpha value is -1.40. The number of carbonyl (C=O) groups is 1. The van der Waals surface area contributed by atoms with Gasteiger partial charge in [0.1, 0.15) is 0 Å². The summed E-state index contributed by atoms with van der Waals surface area (Å²) in [5.74, 6) is -1.56. The number of carboxylic acids is 1. The molecule has 0 saturated heterocycles. The van der Waals surface area contributed by atoms with Crippen molar-refractivity contribution < 1.29 is 9.90 Å². The van der Waals surface area contributed by atoms with Gasteiger partial charge in [0.05, 0.1) is 23.2 Å². The average molecular weight is 287 g/mol. The lowest BCUT2D eigenvalue weighted by Gasteiger charge is -2.07. The van der Waals surface area contributed by atoms with Crippen molar-refractivity contribution in [1.82, 2.24) is 9.38 Å². The summed E-state index contributed by atoms with van der Waals surface area (Å²) in [4.78, 5) is 28.6. The average Bonchev–Trinajstić information content (AvgIpc) is 2.64. The van der Waals surface area contributed by atoms with Crippen LogP contribution in [0.3, 0.4) is 0 Å². The number of aromatic nitrogens is 2. The zero-order valence-electron chi connectivity index (χ0n) is 9.81. The Labute approximate surface area is 112 Å². The van der Waals surface area contributed by atoms with E-state index in [1.165, 1.54) is 21.8 Å². The van der Waals surface area contributed by atoms with Gasteiger partial charge in [-0.25, -0.2) is 4.98 Å². The van der Waals surface area contributed by atoms with Gasteiger partial charge in [0, 0.05) is 10.9 Å². The molecule has 18 heavy (non-hydrogen) atoms. The van der Waals surface area contributed by atoms with Crippen LogP contribution in [0.1, 0.15) is 29.1 Å². The SMILES string of the molecule is Cc1sc2nc(CCl)cc(=O)n2c1C(C)C(=O)O. The number of halogens is 1. The van der Waals surface area contributed by atoms with Gasteiger partial charge in [-0.2, -0.15) is 0 Å². The number of hydrogen-bond acceptors (Lipinski definition) is 4. The van der Waals surface area contributed by atoms with Crippen molar-refractivity contribution >= 4 is 33.9 Å². The summed E-state index contributed by atoms with van der Waals surface area (Å²) in [5, 5.41) is 9.08. The van der Waals surface area contributed by atoms with Crippen LogP contribution < -0.4 is 5.56 Å². The molecule has 0 aliphatic rings. The molecule has 1 unspecified atom stereocenters. The molecule has 2 rings (SSSR count). The molecular formula is C11H11ClN2O3S. The third kappa shape index (κ3) is 2.02. The van der Waals surface area contributed by atoms with Gasteiger partial charge in [0.2, 0.25) is 0 Å². The molecule has 2 aromatic rings. The van der Waals surface area contributed by atoms with E-state index in [4.69, 9.17) is 16.7 Å². The van der Waals surface area contributed by atoms with Gasteiger partial charge in [0.25, 0.3) is 5.56 Å². The highest BCUT2D eigenvalue weighted by Gasteiger charge is 2.23.